The molecular formula is C6H9F3N2O. The highest BCUT2D eigenvalue weighted by molar-refractivity contribution is 5.78. The number of nitrogens with two attached hydrogens (primary N) is 1. The van der Waals surface area contributed by atoms with Gasteiger partial charge in [0, 0.05) is 5.92 Å². The van der Waals surface area contributed by atoms with Gasteiger partial charge >= 0.3 is 6.18 Å². The van der Waals surface area contributed by atoms with E-state index in [4.69, 9.17) is 5.84 Å². The Bertz CT molecular complexity index is 186. The lowest BCUT2D eigenvalue weighted by Gasteiger charge is -2.34. The highest BCUT2D eigenvalue weighted by Gasteiger charge is 2.49. The average molecular weight is 182 g/mol. The predicted molar refractivity (Wildman–Crippen MR) is 34.6 cm³/mol. The highest BCUT2D eigenvalue weighted by atomic mass is 19.4. The molecule has 3 N–H and O–H groups in total. The number of alkyl halides is 3. The smallest absolute Gasteiger partial charge is 0.294 e. The third kappa shape index (κ3) is 1.69. The molecule has 0 aromatic heterocycles. The summed E-state index contributed by atoms with van der Waals surface area (Å²) in [6, 6.07) is 0. The zero-order valence-corrected chi connectivity index (χ0v) is 6.19. The van der Waals surface area contributed by atoms with Gasteiger partial charge in [0.15, 0.2) is 0 Å². The molecule has 0 aromatic carbocycles. The molecule has 1 amide bonds. The van der Waals surface area contributed by atoms with Crippen molar-refractivity contribution in [3.05, 3.63) is 0 Å². The fourth-order valence-corrected chi connectivity index (χ4v) is 1.22. The van der Waals surface area contributed by atoms with Crippen LogP contribution in [-0.4, -0.2) is 12.1 Å². The molecule has 1 saturated carbocycles. The minimum atomic E-state index is -4.16. The number of halogens is 3. The maximum absolute atomic E-state index is 11.9. The van der Waals surface area contributed by atoms with Gasteiger partial charge in [-0.1, -0.05) is 0 Å². The number of carbonyl (C=O) groups is 1. The average Bonchev–Trinajstić information content (AvgIpc) is 1.80. The van der Waals surface area contributed by atoms with E-state index >= 15 is 0 Å². The Hall–Kier alpha value is -0.780. The summed E-state index contributed by atoms with van der Waals surface area (Å²) in [6.07, 6.45) is -4.43. The van der Waals surface area contributed by atoms with Gasteiger partial charge < -0.3 is 0 Å². The van der Waals surface area contributed by atoms with Crippen molar-refractivity contribution in [2.24, 2.45) is 17.7 Å². The summed E-state index contributed by atoms with van der Waals surface area (Å²) in [5, 5.41) is 0. The molecule has 12 heavy (non-hydrogen) atoms. The van der Waals surface area contributed by atoms with Crippen LogP contribution < -0.4 is 11.3 Å². The van der Waals surface area contributed by atoms with Crippen molar-refractivity contribution in [2.75, 3.05) is 0 Å². The van der Waals surface area contributed by atoms with Crippen LogP contribution in [0.15, 0.2) is 0 Å². The SMILES string of the molecule is NNC(=O)[C@H]1C[C@H](C(F)(F)F)C1. The Morgan fingerprint density at radius 3 is 2.25 bits per heavy atom. The van der Waals surface area contributed by atoms with Crippen LogP contribution in [-0.2, 0) is 4.79 Å². The minimum absolute atomic E-state index is 0.132. The van der Waals surface area contributed by atoms with E-state index in [9.17, 15) is 18.0 Å². The summed E-state index contributed by atoms with van der Waals surface area (Å²) in [6.45, 7) is 0. The van der Waals surface area contributed by atoms with Crippen molar-refractivity contribution < 1.29 is 18.0 Å². The Kier molecular flexibility index (Phi) is 2.27. The van der Waals surface area contributed by atoms with E-state index in [0.717, 1.165) is 0 Å². The first-order valence-electron chi connectivity index (χ1n) is 3.52. The molecule has 70 valence electrons. The van der Waals surface area contributed by atoms with E-state index in [1.807, 2.05) is 5.43 Å². The van der Waals surface area contributed by atoms with E-state index < -0.39 is 23.9 Å². The number of rotatable bonds is 1. The van der Waals surface area contributed by atoms with Gasteiger partial charge in [0.05, 0.1) is 5.92 Å². The van der Waals surface area contributed by atoms with Crippen LogP contribution in [0.1, 0.15) is 12.8 Å². The summed E-state index contributed by atoms with van der Waals surface area (Å²) in [4.78, 5) is 10.7. The molecule has 1 aliphatic carbocycles. The molecule has 0 aliphatic heterocycles. The third-order valence-corrected chi connectivity index (χ3v) is 2.11. The molecule has 3 nitrogen and oxygen atoms in total. The topological polar surface area (TPSA) is 55.1 Å². The van der Waals surface area contributed by atoms with E-state index in [2.05, 4.69) is 0 Å². The molecular weight excluding hydrogens is 173 g/mol. The van der Waals surface area contributed by atoms with Gasteiger partial charge in [0.25, 0.3) is 0 Å². The molecule has 1 rings (SSSR count). The standard InChI is InChI=1S/C6H9F3N2O/c7-6(8,9)4-1-3(2-4)5(12)11-10/h3-4H,1-2,10H2,(H,11,12)/t3-,4-. The van der Waals surface area contributed by atoms with Crippen LogP contribution in [0.5, 0.6) is 0 Å². The molecule has 6 heteroatoms. The van der Waals surface area contributed by atoms with Crippen LogP contribution in [0.4, 0.5) is 13.2 Å². The molecule has 0 bridgehead atoms. The van der Waals surface area contributed by atoms with Crippen molar-refractivity contribution >= 4 is 5.91 Å². The first-order chi connectivity index (χ1) is 5.45. The molecule has 0 aromatic rings. The maximum atomic E-state index is 11.9. The Balaban J connectivity index is 2.34. The van der Waals surface area contributed by atoms with Crippen molar-refractivity contribution in [3.8, 4) is 0 Å². The summed E-state index contributed by atoms with van der Waals surface area (Å²) in [7, 11) is 0. The van der Waals surface area contributed by atoms with Gasteiger partial charge in [0.1, 0.15) is 0 Å². The summed E-state index contributed by atoms with van der Waals surface area (Å²) in [5.74, 6) is 2.38. The van der Waals surface area contributed by atoms with Crippen molar-refractivity contribution in [2.45, 2.75) is 19.0 Å². The molecule has 0 radical (unpaired) electrons. The third-order valence-electron chi connectivity index (χ3n) is 2.11. The quantitative estimate of drug-likeness (QED) is 0.354. The van der Waals surface area contributed by atoms with Crippen molar-refractivity contribution in [1.82, 2.24) is 5.43 Å². The number of hydrazine groups is 1. The minimum Gasteiger partial charge on any atom is -0.294 e. The molecule has 0 heterocycles. The van der Waals surface area contributed by atoms with Crippen molar-refractivity contribution in [1.29, 1.82) is 0 Å². The zero-order chi connectivity index (χ0) is 9.35. The van der Waals surface area contributed by atoms with E-state index in [0.29, 0.717) is 0 Å². The van der Waals surface area contributed by atoms with Crippen LogP contribution in [0.3, 0.4) is 0 Å². The Morgan fingerprint density at radius 1 is 1.42 bits per heavy atom. The zero-order valence-electron chi connectivity index (χ0n) is 6.19. The number of hydrogen-bond acceptors (Lipinski definition) is 2. The lowest BCUT2D eigenvalue weighted by molar-refractivity contribution is -0.204. The Morgan fingerprint density at radius 2 is 1.92 bits per heavy atom. The van der Waals surface area contributed by atoms with Gasteiger partial charge in [0.2, 0.25) is 5.91 Å². The molecule has 0 saturated heterocycles. The monoisotopic (exact) mass is 182 g/mol. The number of carbonyl (C=O) groups excluding carboxylic acids is 1. The molecule has 1 fully saturated rings. The molecule has 0 unspecified atom stereocenters. The van der Waals surface area contributed by atoms with Crippen LogP contribution >= 0.6 is 0 Å². The normalized spacial score (nSPS) is 29.3. The predicted octanol–water partition coefficient (Wildman–Crippen LogP) is 0.565. The number of amides is 1. The summed E-state index contributed by atoms with van der Waals surface area (Å²) >= 11 is 0. The van der Waals surface area contributed by atoms with Crippen LogP contribution in [0, 0.1) is 11.8 Å². The first kappa shape index (κ1) is 9.31. The molecule has 0 atom stereocenters. The number of hydrogen-bond donors (Lipinski definition) is 2. The molecule has 0 spiro atoms. The summed E-state index contributed by atoms with van der Waals surface area (Å²) < 4.78 is 35.6. The lowest BCUT2D eigenvalue weighted by Crippen LogP contribution is -2.45. The number of nitrogens with one attached hydrogen (secondary N) is 1. The van der Waals surface area contributed by atoms with E-state index in [1.54, 1.807) is 0 Å². The lowest BCUT2D eigenvalue weighted by atomic mass is 9.74. The maximum Gasteiger partial charge on any atom is 0.391 e. The second-order valence-electron chi connectivity index (χ2n) is 2.92. The fraction of sp³-hybridized carbons (Fsp3) is 0.833. The van der Waals surface area contributed by atoms with Crippen molar-refractivity contribution in [3.63, 3.8) is 0 Å². The van der Waals surface area contributed by atoms with Gasteiger partial charge in [-0.25, -0.2) is 5.84 Å². The van der Waals surface area contributed by atoms with Gasteiger partial charge in [-0.05, 0) is 12.8 Å². The highest BCUT2D eigenvalue weighted by Crippen LogP contribution is 2.44. The van der Waals surface area contributed by atoms with E-state index in [-0.39, 0.29) is 12.8 Å². The fourth-order valence-electron chi connectivity index (χ4n) is 1.22. The van der Waals surface area contributed by atoms with Crippen LogP contribution in [0.25, 0.3) is 0 Å². The van der Waals surface area contributed by atoms with Crippen LogP contribution in [0.2, 0.25) is 0 Å². The van der Waals surface area contributed by atoms with Gasteiger partial charge in [-0.3, -0.25) is 10.2 Å². The first-order valence-corrected chi connectivity index (χ1v) is 3.52. The van der Waals surface area contributed by atoms with Gasteiger partial charge in [-0.2, -0.15) is 13.2 Å². The second kappa shape index (κ2) is 2.93. The second-order valence-corrected chi connectivity index (χ2v) is 2.92. The summed E-state index contributed by atoms with van der Waals surface area (Å²) in [5.41, 5.74) is 1.83. The Labute approximate surface area is 67.1 Å². The molecule has 1 aliphatic rings. The van der Waals surface area contributed by atoms with Gasteiger partial charge in [-0.15, -0.1) is 0 Å². The van der Waals surface area contributed by atoms with E-state index in [1.165, 1.54) is 0 Å². The largest absolute Gasteiger partial charge is 0.391 e.